The molecule has 0 saturated carbocycles. The number of carbonyl (C=O) groups excluding carboxylic acids is 1. The molecule has 2 fully saturated rings. The van der Waals surface area contributed by atoms with Gasteiger partial charge in [0.1, 0.15) is 0 Å². The van der Waals surface area contributed by atoms with Crippen LogP contribution < -0.4 is 0 Å². The summed E-state index contributed by atoms with van der Waals surface area (Å²) in [7, 11) is 0. The van der Waals surface area contributed by atoms with Crippen LogP contribution in [0.5, 0.6) is 0 Å². The van der Waals surface area contributed by atoms with Crippen LogP contribution in [0.1, 0.15) is 74.5 Å². The van der Waals surface area contributed by atoms with Crippen LogP contribution in [0, 0.1) is 0 Å². The number of ether oxygens (including phenoxy) is 1. The Morgan fingerprint density at radius 2 is 1.97 bits per heavy atom. The topological polar surface area (TPSA) is 50.1 Å². The van der Waals surface area contributed by atoms with Crippen molar-refractivity contribution in [2.24, 2.45) is 0 Å². The number of piperidine rings is 1. The Bertz CT molecular complexity index is 794. The zero-order chi connectivity index (χ0) is 20.1. The molecule has 2 aromatic rings. The van der Waals surface area contributed by atoms with Gasteiger partial charge in [-0.05, 0) is 38.6 Å². The molecule has 0 aromatic carbocycles. The number of rotatable bonds is 6. The molecular weight excluding hydrogens is 384 g/mol. The van der Waals surface area contributed by atoms with Gasteiger partial charge >= 0.3 is 0 Å². The Labute approximate surface area is 177 Å². The highest BCUT2D eigenvalue weighted by Gasteiger charge is 2.28. The minimum absolute atomic E-state index is 0.119. The molecule has 7 heteroatoms. The van der Waals surface area contributed by atoms with Crippen LogP contribution in [-0.2, 0) is 11.3 Å². The number of amides is 1. The van der Waals surface area contributed by atoms with E-state index in [-0.39, 0.29) is 5.91 Å². The second-order valence-electron chi connectivity index (χ2n) is 8.39. The third kappa shape index (κ3) is 5.01. The SMILES string of the molecule is CCCOC1CCCN(Cc2c(C(=O)N3CCCCCCC3)nc3sccn23)C1. The van der Waals surface area contributed by atoms with Gasteiger partial charge in [0.15, 0.2) is 10.7 Å². The van der Waals surface area contributed by atoms with E-state index in [1.165, 1.54) is 19.3 Å². The van der Waals surface area contributed by atoms with Crippen LogP contribution >= 0.6 is 11.3 Å². The van der Waals surface area contributed by atoms with Crippen LogP contribution in [0.15, 0.2) is 11.6 Å². The lowest BCUT2D eigenvalue weighted by molar-refractivity contribution is -0.00264. The summed E-state index contributed by atoms with van der Waals surface area (Å²) in [5.41, 5.74) is 1.71. The molecule has 2 saturated heterocycles. The van der Waals surface area contributed by atoms with Gasteiger partial charge in [0.2, 0.25) is 0 Å². The number of imidazole rings is 1. The summed E-state index contributed by atoms with van der Waals surface area (Å²) in [5, 5.41) is 2.06. The van der Waals surface area contributed by atoms with Crippen molar-refractivity contribution in [2.45, 2.75) is 70.9 Å². The third-order valence-corrected chi connectivity index (χ3v) is 6.86. The Kier molecular flexibility index (Phi) is 7.21. The lowest BCUT2D eigenvalue weighted by Crippen LogP contribution is -2.40. The summed E-state index contributed by atoms with van der Waals surface area (Å²) in [6, 6.07) is 0. The molecule has 0 bridgehead atoms. The first-order valence-electron chi connectivity index (χ1n) is 11.3. The Balaban J connectivity index is 1.52. The molecule has 4 rings (SSSR count). The lowest BCUT2D eigenvalue weighted by atomic mass is 10.1. The van der Waals surface area contributed by atoms with Crippen molar-refractivity contribution in [2.75, 3.05) is 32.8 Å². The highest BCUT2D eigenvalue weighted by atomic mass is 32.1. The molecule has 0 spiro atoms. The van der Waals surface area contributed by atoms with Crippen molar-refractivity contribution >= 4 is 22.2 Å². The summed E-state index contributed by atoms with van der Waals surface area (Å²) in [6.07, 6.45) is 11.7. The highest BCUT2D eigenvalue weighted by molar-refractivity contribution is 7.15. The van der Waals surface area contributed by atoms with Crippen molar-refractivity contribution in [3.63, 3.8) is 0 Å². The summed E-state index contributed by atoms with van der Waals surface area (Å²) < 4.78 is 8.14. The molecule has 1 atom stereocenters. The van der Waals surface area contributed by atoms with E-state index in [0.717, 1.165) is 82.1 Å². The molecule has 2 aliphatic heterocycles. The second-order valence-corrected chi connectivity index (χ2v) is 9.27. The number of nitrogens with zero attached hydrogens (tertiary/aromatic N) is 4. The molecule has 160 valence electrons. The van der Waals surface area contributed by atoms with Crippen LogP contribution in [0.4, 0.5) is 0 Å². The molecular formula is C22H34N4O2S. The van der Waals surface area contributed by atoms with E-state index in [2.05, 4.69) is 27.8 Å². The van der Waals surface area contributed by atoms with Crippen molar-refractivity contribution in [1.82, 2.24) is 19.2 Å². The maximum atomic E-state index is 13.4. The fraction of sp³-hybridized carbons (Fsp3) is 0.727. The van der Waals surface area contributed by atoms with Crippen molar-refractivity contribution < 1.29 is 9.53 Å². The average Bonchev–Trinajstić information content (AvgIpc) is 3.29. The van der Waals surface area contributed by atoms with E-state index in [1.54, 1.807) is 11.3 Å². The quantitative estimate of drug-likeness (QED) is 0.706. The average molecular weight is 419 g/mol. The van der Waals surface area contributed by atoms with E-state index in [9.17, 15) is 4.79 Å². The number of aromatic nitrogens is 2. The van der Waals surface area contributed by atoms with E-state index in [0.29, 0.717) is 11.8 Å². The first-order chi connectivity index (χ1) is 14.3. The minimum atomic E-state index is 0.119. The first-order valence-corrected chi connectivity index (χ1v) is 12.2. The Hall–Kier alpha value is -1.44. The van der Waals surface area contributed by atoms with Gasteiger partial charge in [-0.1, -0.05) is 26.2 Å². The molecule has 2 aliphatic rings. The predicted molar refractivity (Wildman–Crippen MR) is 117 cm³/mol. The van der Waals surface area contributed by atoms with Crippen molar-refractivity contribution in [3.05, 3.63) is 23.0 Å². The van der Waals surface area contributed by atoms with Gasteiger partial charge in [-0.15, -0.1) is 11.3 Å². The van der Waals surface area contributed by atoms with Crippen LogP contribution in [0.3, 0.4) is 0 Å². The number of hydrogen-bond donors (Lipinski definition) is 0. The number of carbonyl (C=O) groups is 1. The molecule has 6 nitrogen and oxygen atoms in total. The molecule has 4 heterocycles. The maximum Gasteiger partial charge on any atom is 0.274 e. The largest absolute Gasteiger partial charge is 0.377 e. The van der Waals surface area contributed by atoms with Gasteiger partial charge in [-0.2, -0.15) is 0 Å². The molecule has 1 amide bonds. The van der Waals surface area contributed by atoms with Gasteiger partial charge in [0.05, 0.1) is 11.8 Å². The Morgan fingerprint density at radius 1 is 1.17 bits per heavy atom. The normalized spacial score (nSPS) is 22.0. The first kappa shape index (κ1) is 20.8. The summed E-state index contributed by atoms with van der Waals surface area (Å²) in [6.45, 7) is 7.47. The van der Waals surface area contributed by atoms with Crippen molar-refractivity contribution in [3.8, 4) is 0 Å². The van der Waals surface area contributed by atoms with Crippen LogP contribution in [-0.4, -0.2) is 64.0 Å². The molecule has 0 aliphatic carbocycles. The summed E-state index contributed by atoms with van der Waals surface area (Å²) >= 11 is 1.61. The number of likely N-dealkylation sites (tertiary alicyclic amines) is 2. The summed E-state index contributed by atoms with van der Waals surface area (Å²) in [5.74, 6) is 0.119. The standard InChI is InChI=1S/C22H34N4O2S/c1-2-14-28-18-9-8-10-24(16-18)17-19-20(23-22-26(19)13-15-29-22)21(27)25-11-6-4-3-5-7-12-25/h13,15,18H,2-12,14,16-17H2,1H3. The Morgan fingerprint density at radius 3 is 2.76 bits per heavy atom. The summed E-state index contributed by atoms with van der Waals surface area (Å²) in [4.78, 5) is 23.6. The fourth-order valence-corrected chi connectivity index (χ4v) is 5.28. The third-order valence-electron chi connectivity index (χ3n) is 6.10. The van der Waals surface area contributed by atoms with E-state index < -0.39 is 0 Å². The second kappa shape index (κ2) is 10.0. The van der Waals surface area contributed by atoms with E-state index in [4.69, 9.17) is 9.72 Å². The van der Waals surface area contributed by atoms with Gasteiger partial charge < -0.3 is 9.64 Å². The van der Waals surface area contributed by atoms with Gasteiger partial charge in [0, 0.05) is 44.4 Å². The zero-order valence-electron chi connectivity index (χ0n) is 17.6. The number of fused-ring (bicyclic) bond motifs is 1. The molecule has 0 N–H and O–H groups in total. The molecule has 29 heavy (non-hydrogen) atoms. The van der Waals surface area contributed by atoms with E-state index >= 15 is 0 Å². The monoisotopic (exact) mass is 418 g/mol. The van der Waals surface area contributed by atoms with Crippen LogP contribution in [0.2, 0.25) is 0 Å². The van der Waals surface area contributed by atoms with Crippen LogP contribution in [0.25, 0.3) is 4.96 Å². The van der Waals surface area contributed by atoms with E-state index in [1.807, 2.05) is 4.90 Å². The molecule has 1 unspecified atom stereocenters. The smallest absolute Gasteiger partial charge is 0.274 e. The predicted octanol–water partition coefficient (Wildman–Crippen LogP) is 4.19. The fourth-order valence-electron chi connectivity index (χ4n) is 4.54. The maximum absolute atomic E-state index is 13.4. The van der Waals surface area contributed by atoms with Crippen molar-refractivity contribution in [1.29, 1.82) is 0 Å². The number of thiazole rings is 1. The highest BCUT2D eigenvalue weighted by Crippen LogP contribution is 2.24. The van der Waals surface area contributed by atoms with Gasteiger partial charge in [-0.3, -0.25) is 14.1 Å². The number of hydrogen-bond acceptors (Lipinski definition) is 5. The van der Waals surface area contributed by atoms with Gasteiger partial charge in [0.25, 0.3) is 5.91 Å². The molecule has 2 aromatic heterocycles. The lowest BCUT2D eigenvalue weighted by Gasteiger charge is -2.32. The minimum Gasteiger partial charge on any atom is -0.377 e. The van der Waals surface area contributed by atoms with Gasteiger partial charge in [-0.25, -0.2) is 4.98 Å². The zero-order valence-corrected chi connectivity index (χ0v) is 18.5. The molecule has 0 radical (unpaired) electrons.